The molecule has 0 bridgehead atoms. The molecule has 9 heteroatoms. The lowest BCUT2D eigenvalue weighted by Gasteiger charge is -2.33. The van der Waals surface area contributed by atoms with E-state index in [-0.39, 0.29) is 12.0 Å². The van der Waals surface area contributed by atoms with Crippen LogP contribution >= 0.6 is 0 Å². The standard InChI is InChI=1S/C20H27N7O2/c1-16(28)26-11-9-25(10-12-26)6-2-3-13-29-17-4-7-27(8-5-17)20-18-14-23-24-19(18)21-15-22-20/h14-15,17H,4-13H2,1H3,(H,21,22,23,24). The summed E-state index contributed by atoms with van der Waals surface area (Å²) in [4.78, 5) is 26.4. The summed E-state index contributed by atoms with van der Waals surface area (Å²) in [6, 6.07) is 0. The predicted octanol–water partition coefficient (Wildman–Crippen LogP) is 0.506. The van der Waals surface area contributed by atoms with Crippen molar-refractivity contribution in [3.63, 3.8) is 0 Å². The highest BCUT2D eigenvalue weighted by Gasteiger charge is 2.22. The molecule has 2 aliphatic heterocycles. The molecule has 9 nitrogen and oxygen atoms in total. The summed E-state index contributed by atoms with van der Waals surface area (Å²) in [6.07, 6.45) is 5.51. The van der Waals surface area contributed by atoms with Crippen LogP contribution in [0.4, 0.5) is 5.82 Å². The average molecular weight is 397 g/mol. The SMILES string of the molecule is CC(=O)N1CCN(CC#CCOC2CCN(c3ncnc4[nH]ncc34)CC2)CC1. The topological polar surface area (TPSA) is 90.5 Å². The first-order valence-electron chi connectivity index (χ1n) is 10.1. The molecule has 2 aliphatic rings. The number of rotatable bonds is 4. The van der Waals surface area contributed by atoms with Crippen LogP contribution in [0.2, 0.25) is 0 Å². The first-order valence-corrected chi connectivity index (χ1v) is 10.1. The van der Waals surface area contributed by atoms with E-state index < -0.39 is 0 Å². The first-order chi connectivity index (χ1) is 14.2. The van der Waals surface area contributed by atoms with E-state index >= 15 is 0 Å². The van der Waals surface area contributed by atoms with Gasteiger partial charge < -0.3 is 14.5 Å². The third-order valence-electron chi connectivity index (χ3n) is 5.60. The Morgan fingerprint density at radius 2 is 1.97 bits per heavy atom. The van der Waals surface area contributed by atoms with Crippen molar-refractivity contribution in [3.05, 3.63) is 12.5 Å². The molecular formula is C20H27N7O2. The number of anilines is 1. The molecule has 0 spiro atoms. The molecule has 0 unspecified atom stereocenters. The second kappa shape index (κ2) is 9.20. The largest absolute Gasteiger partial charge is 0.365 e. The van der Waals surface area contributed by atoms with Gasteiger partial charge in [-0.3, -0.25) is 14.8 Å². The summed E-state index contributed by atoms with van der Waals surface area (Å²) in [7, 11) is 0. The van der Waals surface area contributed by atoms with Crippen molar-refractivity contribution >= 4 is 22.8 Å². The second-order valence-electron chi connectivity index (χ2n) is 7.46. The number of ether oxygens (including phenoxy) is 1. The number of fused-ring (bicyclic) bond motifs is 1. The lowest BCUT2D eigenvalue weighted by molar-refractivity contribution is -0.130. The summed E-state index contributed by atoms with van der Waals surface area (Å²) in [5, 5.41) is 7.91. The van der Waals surface area contributed by atoms with Crippen molar-refractivity contribution < 1.29 is 9.53 Å². The molecule has 2 fully saturated rings. The number of hydrogen-bond acceptors (Lipinski definition) is 7. The number of H-pyrrole nitrogens is 1. The van der Waals surface area contributed by atoms with Gasteiger partial charge in [0.05, 0.1) is 24.2 Å². The van der Waals surface area contributed by atoms with Crippen LogP contribution in [0, 0.1) is 11.8 Å². The van der Waals surface area contributed by atoms with Crippen molar-refractivity contribution in [2.75, 3.05) is 57.3 Å². The van der Waals surface area contributed by atoms with Crippen LogP contribution < -0.4 is 4.90 Å². The Labute approximate surface area is 170 Å². The number of aromatic nitrogens is 4. The quantitative estimate of drug-likeness (QED) is 0.752. The zero-order valence-corrected chi connectivity index (χ0v) is 16.8. The minimum atomic E-state index is 0.157. The van der Waals surface area contributed by atoms with Crippen molar-refractivity contribution in [1.82, 2.24) is 30.0 Å². The van der Waals surface area contributed by atoms with Gasteiger partial charge in [0.25, 0.3) is 0 Å². The average Bonchev–Trinajstić information content (AvgIpc) is 3.23. The number of nitrogens with zero attached hydrogens (tertiary/aromatic N) is 6. The summed E-state index contributed by atoms with van der Waals surface area (Å²) in [5.74, 6) is 7.43. The number of nitrogens with one attached hydrogen (secondary N) is 1. The Morgan fingerprint density at radius 3 is 2.72 bits per heavy atom. The van der Waals surface area contributed by atoms with Crippen LogP contribution in [0.5, 0.6) is 0 Å². The van der Waals surface area contributed by atoms with Crippen molar-refractivity contribution in [2.45, 2.75) is 25.9 Å². The Bertz CT molecular complexity index is 887. The number of hydrogen-bond donors (Lipinski definition) is 1. The molecule has 0 atom stereocenters. The van der Waals surface area contributed by atoms with E-state index in [1.807, 2.05) is 4.90 Å². The highest BCUT2D eigenvalue weighted by atomic mass is 16.5. The number of carbonyl (C=O) groups is 1. The number of amides is 1. The Morgan fingerprint density at radius 1 is 1.17 bits per heavy atom. The molecule has 1 N–H and O–H groups in total. The highest BCUT2D eigenvalue weighted by Crippen LogP contribution is 2.25. The van der Waals surface area contributed by atoms with Gasteiger partial charge >= 0.3 is 0 Å². The van der Waals surface area contributed by atoms with Gasteiger partial charge in [0.2, 0.25) is 5.91 Å². The van der Waals surface area contributed by atoms with E-state index in [0.717, 1.165) is 75.5 Å². The summed E-state index contributed by atoms with van der Waals surface area (Å²) < 4.78 is 5.95. The monoisotopic (exact) mass is 397 g/mol. The highest BCUT2D eigenvalue weighted by molar-refractivity contribution is 5.86. The molecule has 2 saturated heterocycles. The smallest absolute Gasteiger partial charge is 0.219 e. The molecular weight excluding hydrogens is 370 g/mol. The number of piperidine rings is 1. The van der Waals surface area contributed by atoms with E-state index in [4.69, 9.17) is 4.74 Å². The number of aromatic amines is 1. The minimum Gasteiger partial charge on any atom is -0.365 e. The lowest BCUT2D eigenvalue weighted by Crippen LogP contribution is -2.47. The second-order valence-corrected chi connectivity index (χ2v) is 7.46. The van der Waals surface area contributed by atoms with Crippen LogP contribution in [0.15, 0.2) is 12.5 Å². The molecule has 0 aromatic carbocycles. The third kappa shape index (κ3) is 4.83. The van der Waals surface area contributed by atoms with Crippen LogP contribution in [0.25, 0.3) is 11.0 Å². The maximum Gasteiger partial charge on any atom is 0.219 e. The molecule has 4 heterocycles. The molecule has 154 valence electrons. The maximum absolute atomic E-state index is 11.4. The van der Waals surface area contributed by atoms with Gasteiger partial charge in [-0.2, -0.15) is 5.10 Å². The number of carbonyl (C=O) groups excluding carboxylic acids is 1. The molecule has 2 aromatic rings. The molecule has 29 heavy (non-hydrogen) atoms. The molecule has 1 amide bonds. The summed E-state index contributed by atoms with van der Waals surface area (Å²) in [5.41, 5.74) is 0.770. The van der Waals surface area contributed by atoms with Gasteiger partial charge in [0.15, 0.2) is 5.65 Å². The van der Waals surface area contributed by atoms with Crippen LogP contribution in [-0.2, 0) is 9.53 Å². The molecule has 2 aromatic heterocycles. The third-order valence-corrected chi connectivity index (χ3v) is 5.60. The van der Waals surface area contributed by atoms with E-state index in [9.17, 15) is 4.79 Å². The normalized spacial score (nSPS) is 18.7. The van der Waals surface area contributed by atoms with Gasteiger partial charge in [-0.15, -0.1) is 0 Å². The Hall–Kier alpha value is -2.70. The van der Waals surface area contributed by atoms with Crippen LogP contribution in [-0.4, -0.2) is 94.4 Å². The summed E-state index contributed by atoms with van der Waals surface area (Å²) in [6.45, 7) is 8.00. The maximum atomic E-state index is 11.4. The van der Waals surface area contributed by atoms with E-state index in [1.54, 1.807) is 19.4 Å². The predicted molar refractivity (Wildman–Crippen MR) is 109 cm³/mol. The van der Waals surface area contributed by atoms with Crippen molar-refractivity contribution in [1.29, 1.82) is 0 Å². The van der Waals surface area contributed by atoms with Gasteiger partial charge in [0, 0.05) is 46.2 Å². The minimum absolute atomic E-state index is 0.157. The zero-order valence-electron chi connectivity index (χ0n) is 16.8. The Balaban J connectivity index is 1.16. The zero-order chi connectivity index (χ0) is 20.1. The van der Waals surface area contributed by atoms with Gasteiger partial charge in [-0.25, -0.2) is 9.97 Å². The molecule has 0 aliphatic carbocycles. The van der Waals surface area contributed by atoms with Gasteiger partial charge in [-0.1, -0.05) is 11.8 Å². The lowest BCUT2D eigenvalue weighted by atomic mass is 10.1. The van der Waals surface area contributed by atoms with Gasteiger partial charge in [0.1, 0.15) is 18.8 Å². The van der Waals surface area contributed by atoms with Crippen LogP contribution in [0.1, 0.15) is 19.8 Å². The van der Waals surface area contributed by atoms with E-state index in [1.165, 1.54) is 0 Å². The van der Waals surface area contributed by atoms with E-state index in [2.05, 4.69) is 41.8 Å². The fourth-order valence-electron chi connectivity index (χ4n) is 3.84. The van der Waals surface area contributed by atoms with Crippen molar-refractivity contribution in [2.24, 2.45) is 0 Å². The Kier molecular flexibility index (Phi) is 6.22. The van der Waals surface area contributed by atoms with E-state index in [0.29, 0.717) is 6.61 Å². The molecule has 4 rings (SSSR count). The molecule has 0 saturated carbocycles. The number of piperazine rings is 1. The van der Waals surface area contributed by atoms with Crippen LogP contribution in [0.3, 0.4) is 0 Å². The van der Waals surface area contributed by atoms with Gasteiger partial charge in [-0.05, 0) is 12.8 Å². The fourth-order valence-corrected chi connectivity index (χ4v) is 3.84. The molecule has 0 radical (unpaired) electrons. The fraction of sp³-hybridized carbons (Fsp3) is 0.600. The van der Waals surface area contributed by atoms with Crippen molar-refractivity contribution in [3.8, 4) is 11.8 Å². The first kappa shape index (κ1) is 19.6. The summed E-state index contributed by atoms with van der Waals surface area (Å²) >= 11 is 0.